The maximum absolute atomic E-state index is 5.92. The molecule has 0 amide bonds. The van der Waals surface area contributed by atoms with Crippen molar-refractivity contribution in [3.05, 3.63) is 18.3 Å². The van der Waals surface area contributed by atoms with Gasteiger partial charge < -0.3 is 20.1 Å². The Labute approximate surface area is 102 Å². The molecule has 1 aliphatic rings. The zero-order chi connectivity index (χ0) is 12.3. The average Bonchev–Trinajstić information content (AvgIpc) is 2.73. The van der Waals surface area contributed by atoms with Gasteiger partial charge in [0.05, 0.1) is 5.69 Å². The number of hydrogen-bond acceptors (Lipinski definition) is 5. The van der Waals surface area contributed by atoms with Gasteiger partial charge >= 0.3 is 0 Å². The van der Waals surface area contributed by atoms with Crippen LogP contribution in [0.4, 0.5) is 11.5 Å². The average molecular weight is 237 g/mol. The quantitative estimate of drug-likeness (QED) is 0.843. The molecule has 2 atom stereocenters. The van der Waals surface area contributed by atoms with E-state index >= 15 is 0 Å². The van der Waals surface area contributed by atoms with Crippen LogP contribution in [0.15, 0.2) is 18.3 Å². The molecule has 0 aromatic carbocycles. The summed E-state index contributed by atoms with van der Waals surface area (Å²) in [4.78, 5) is 6.43. The van der Waals surface area contributed by atoms with Crippen molar-refractivity contribution < 1.29 is 9.47 Å². The van der Waals surface area contributed by atoms with Crippen LogP contribution in [0.25, 0.3) is 0 Å². The number of pyridine rings is 1. The van der Waals surface area contributed by atoms with Gasteiger partial charge in [0.2, 0.25) is 0 Å². The van der Waals surface area contributed by atoms with Gasteiger partial charge in [-0.15, -0.1) is 0 Å². The normalized spacial score (nSPS) is 24.2. The van der Waals surface area contributed by atoms with E-state index in [2.05, 4.69) is 9.88 Å². The summed E-state index contributed by atoms with van der Waals surface area (Å²) in [6, 6.07) is 3.70. The Hall–Kier alpha value is -1.33. The van der Waals surface area contributed by atoms with Crippen LogP contribution in [0.5, 0.6) is 0 Å². The second-order valence-electron chi connectivity index (χ2n) is 4.09. The Balaban J connectivity index is 2.12. The molecule has 2 unspecified atom stereocenters. The number of methoxy groups -OCH3 is 1. The van der Waals surface area contributed by atoms with Crippen LogP contribution in [0.1, 0.15) is 6.92 Å². The predicted octanol–water partition coefficient (Wildman–Crippen LogP) is 0.904. The number of aromatic nitrogens is 1. The van der Waals surface area contributed by atoms with Crippen LogP contribution in [-0.4, -0.2) is 44.0 Å². The van der Waals surface area contributed by atoms with Gasteiger partial charge in [0.1, 0.15) is 12.2 Å². The van der Waals surface area contributed by atoms with Crippen molar-refractivity contribution in [2.45, 2.75) is 19.1 Å². The fourth-order valence-corrected chi connectivity index (χ4v) is 2.19. The van der Waals surface area contributed by atoms with E-state index in [9.17, 15) is 0 Å². The number of nitrogens with zero attached hydrogens (tertiary/aromatic N) is 2. The van der Waals surface area contributed by atoms with Crippen molar-refractivity contribution in [1.29, 1.82) is 0 Å². The highest BCUT2D eigenvalue weighted by Crippen LogP contribution is 2.26. The zero-order valence-corrected chi connectivity index (χ0v) is 10.3. The molecule has 2 N–H and O–H groups in total. The molecule has 0 aliphatic carbocycles. The summed E-state index contributed by atoms with van der Waals surface area (Å²) in [5.74, 6) is 0.816. The minimum atomic E-state index is 0.0800. The number of hydrogen-bond donors (Lipinski definition) is 1. The maximum atomic E-state index is 5.92. The van der Waals surface area contributed by atoms with E-state index in [4.69, 9.17) is 15.2 Å². The van der Waals surface area contributed by atoms with Gasteiger partial charge in [0.25, 0.3) is 0 Å². The van der Waals surface area contributed by atoms with Gasteiger partial charge in [-0.05, 0) is 19.1 Å². The third-order valence-corrected chi connectivity index (χ3v) is 3.02. The summed E-state index contributed by atoms with van der Waals surface area (Å²) in [5.41, 5.74) is 6.61. The van der Waals surface area contributed by atoms with Crippen LogP contribution in [0.3, 0.4) is 0 Å². The first-order valence-corrected chi connectivity index (χ1v) is 5.86. The highest BCUT2D eigenvalue weighted by molar-refractivity contribution is 5.62. The summed E-state index contributed by atoms with van der Waals surface area (Å²) >= 11 is 0. The molecular weight excluding hydrogens is 218 g/mol. The fourth-order valence-electron chi connectivity index (χ4n) is 2.19. The Kier molecular flexibility index (Phi) is 3.81. The van der Waals surface area contributed by atoms with Crippen molar-refractivity contribution >= 4 is 11.5 Å². The van der Waals surface area contributed by atoms with Gasteiger partial charge in [0.15, 0.2) is 5.82 Å². The van der Waals surface area contributed by atoms with Gasteiger partial charge in [0, 0.05) is 33.0 Å². The van der Waals surface area contributed by atoms with Gasteiger partial charge in [-0.3, -0.25) is 0 Å². The number of rotatable bonds is 4. The van der Waals surface area contributed by atoms with Crippen LogP contribution in [0, 0.1) is 0 Å². The lowest BCUT2D eigenvalue weighted by Gasteiger charge is -2.18. The number of anilines is 2. The van der Waals surface area contributed by atoms with E-state index < -0.39 is 0 Å². The van der Waals surface area contributed by atoms with E-state index in [1.165, 1.54) is 0 Å². The highest BCUT2D eigenvalue weighted by Gasteiger charge is 2.34. The third kappa shape index (κ3) is 2.50. The van der Waals surface area contributed by atoms with E-state index in [0.717, 1.165) is 18.9 Å². The Morgan fingerprint density at radius 3 is 2.88 bits per heavy atom. The standard InChI is InChI=1S/C12H19N3O2/c1-3-17-11-8-15(7-10(11)16-2)12-9(13)5-4-6-14-12/h4-6,10-11H,3,7-8,13H2,1-2H3. The van der Waals surface area contributed by atoms with Gasteiger partial charge in [-0.1, -0.05) is 0 Å². The highest BCUT2D eigenvalue weighted by atomic mass is 16.5. The molecule has 0 bridgehead atoms. The fraction of sp³-hybridized carbons (Fsp3) is 0.583. The summed E-state index contributed by atoms with van der Waals surface area (Å²) in [7, 11) is 1.71. The number of nitrogens with two attached hydrogens (primary N) is 1. The summed E-state index contributed by atoms with van der Waals surface area (Å²) in [6.45, 7) is 4.22. The minimum Gasteiger partial charge on any atom is -0.396 e. The van der Waals surface area contributed by atoms with Crippen LogP contribution >= 0.6 is 0 Å². The molecule has 5 heteroatoms. The molecule has 0 radical (unpaired) electrons. The molecule has 1 aromatic rings. The van der Waals surface area contributed by atoms with Gasteiger partial charge in [-0.25, -0.2) is 4.98 Å². The van der Waals surface area contributed by atoms with Gasteiger partial charge in [-0.2, -0.15) is 0 Å². The van der Waals surface area contributed by atoms with Crippen LogP contribution < -0.4 is 10.6 Å². The lowest BCUT2D eigenvalue weighted by atomic mass is 10.2. The Morgan fingerprint density at radius 1 is 1.47 bits per heavy atom. The summed E-state index contributed by atoms with van der Waals surface area (Å²) < 4.78 is 11.1. The first kappa shape index (κ1) is 12.1. The summed E-state index contributed by atoms with van der Waals surface area (Å²) in [5, 5.41) is 0. The molecule has 1 aliphatic heterocycles. The Morgan fingerprint density at radius 2 is 2.24 bits per heavy atom. The first-order valence-electron chi connectivity index (χ1n) is 5.86. The topological polar surface area (TPSA) is 60.6 Å². The van der Waals surface area contributed by atoms with Crippen LogP contribution in [-0.2, 0) is 9.47 Å². The van der Waals surface area contributed by atoms with Crippen molar-refractivity contribution in [2.75, 3.05) is 37.4 Å². The molecule has 17 heavy (non-hydrogen) atoms. The smallest absolute Gasteiger partial charge is 0.151 e. The van der Waals surface area contributed by atoms with Crippen molar-refractivity contribution in [3.63, 3.8) is 0 Å². The third-order valence-electron chi connectivity index (χ3n) is 3.02. The molecule has 1 fully saturated rings. The molecule has 94 valence electrons. The molecule has 0 spiro atoms. The van der Waals surface area contributed by atoms with Crippen molar-refractivity contribution in [1.82, 2.24) is 4.98 Å². The van der Waals surface area contributed by atoms with Crippen molar-refractivity contribution in [3.8, 4) is 0 Å². The molecule has 2 rings (SSSR count). The van der Waals surface area contributed by atoms with E-state index in [1.54, 1.807) is 13.3 Å². The first-order chi connectivity index (χ1) is 8.26. The van der Waals surface area contributed by atoms with Crippen molar-refractivity contribution in [2.24, 2.45) is 0 Å². The lowest BCUT2D eigenvalue weighted by Crippen LogP contribution is -2.28. The molecule has 5 nitrogen and oxygen atoms in total. The van der Waals surface area contributed by atoms with Crippen LogP contribution in [0.2, 0.25) is 0 Å². The van der Waals surface area contributed by atoms with E-state index in [1.807, 2.05) is 19.1 Å². The summed E-state index contributed by atoms with van der Waals surface area (Å²) in [6.07, 6.45) is 1.92. The maximum Gasteiger partial charge on any atom is 0.151 e. The van der Waals surface area contributed by atoms with E-state index in [-0.39, 0.29) is 12.2 Å². The number of ether oxygens (including phenoxy) is 2. The lowest BCUT2D eigenvalue weighted by molar-refractivity contribution is -0.0232. The minimum absolute atomic E-state index is 0.0800. The second-order valence-corrected chi connectivity index (χ2v) is 4.09. The number of nitrogen functional groups attached to an aromatic ring is 1. The second kappa shape index (κ2) is 5.33. The monoisotopic (exact) mass is 237 g/mol. The molecular formula is C12H19N3O2. The molecule has 2 heterocycles. The SMILES string of the molecule is CCOC1CN(c2ncccc2N)CC1OC. The largest absolute Gasteiger partial charge is 0.396 e. The predicted molar refractivity (Wildman–Crippen MR) is 67.1 cm³/mol. The molecule has 1 saturated heterocycles. The molecule has 0 saturated carbocycles. The molecule has 1 aromatic heterocycles. The van der Waals surface area contributed by atoms with E-state index in [0.29, 0.717) is 12.3 Å². The Bertz CT molecular complexity index is 373. The zero-order valence-electron chi connectivity index (χ0n) is 10.3.